The van der Waals surface area contributed by atoms with Gasteiger partial charge in [0.2, 0.25) is 0 Å². The molecule has 0 unspecified atom stereocenters. The van der Waals surface area contributed by atoms with Gasteiger partial charge in [-0.15, -0.1) is 11.8 Å². The second kappa shape index (κ2) is 3.97. The van der Waals surface area contributed by atoms with E-state index in [2.05, 4.69) is 20.9 Å². The van der Waals surface area contributed by atoms with Crippen molar-refractivity contribution in [2.75, 3.05) is 13.4 Å². The Morgan fingerprint density at radius 1 is 1.64 bits per heavy atom. The van der Waals surface area contributed by atoms with E-state index in [0.29, 0.717) is 0 Å². The summed E-state index contributed by atoms with van der Waals surface area (Å²) in [6.45, 7) is 0. The Morgan fingerprint density at radius 2 is 2.36 bits per heavy atom. The molecule has 0 saturated carbocycles. The minimum absolute atomic E-state index is 0.789. The average Bonchev–Trinajstić information content (AvgIpc) is 2.05. The van der Waals surface area contributed by atoms with Crippen LogP contribution in [0.1, 0.15) is 0 Å². The van der Waals surface area contributed by atoms with Crippen molar-refractivity contribution in [2.24, 2.45) is 0 Å². The van der Waals surface area contributed by atoms with Crippen LogP contribution in [0, 0.1) is 0 Å². The van der Waals surface area contributed by atoms with Gasteiger partial charge in [-0.2, -0.15) is 0 Å². The molecular weight excluding hydrogens is 226 g/mol. The lowest BCUT2D eigenvalue weighted by Gasteiger charge is -2.02. The zero-order chi connectivity index (χ0) is 8.27. The van der Waals surface area contributed by atoms with E-state index >= 15 is 0 Å². The Labute approximate surface area is 78.5 Å². The van der Waals surface area contributed by atoms with Gasteiger partial charge >= 0.3 is 0 Å². The number of pyridine rings is 1. The summed E-state index contributed by atoms with van der Waals surface area (Å²) in [7, 11) is 1.63. The molecule has 1 aromatic heterocycles. The molecule has 0 atom stereocenters. The zero-order valence-corrected chi connectivity index (χ0v) is 8.70. The third-order valence-corrected chi connectivity index (χ3v) is 2.88. The molecule has 1 rings (SSSR count). The Morgan fingerprint density at radius 3 is 2.91 bits per heavy atom. The minimum Gasteiger partial charge on any atom is -0.495 e. The molecule has 1 heterocycles. The first-order valence-corrected chi connectivity index (χ1v) is 5.03. The maximum atomic E-state index is 5.01. The highest BCUT2D eigenvalue weighted by molar-refractivity contribution is 9.10. The molecule has 60 valence electrons. The lowest BCUT2D eigenvalue weighted by molar-refractivity contribution is 0.411. The minimum atomic E-state index is 0.789. The van der Waals surface area contributed by atoms with Gasteiger partial charge in [0, 0.05) is 4.90 Å². The number of methoxy groups -OCH3 is 1. The van der Waals surface area contributed by atoms with Gasteiger partial charge in [-0.3, -0.25) is 0 Å². The van der Waals surface area contributed by atoms with Crippen molar-refractivity contribution < 1.29 is 4.74 Å². The summed E-state index contributed by atoms with van der Waals surface area (Å²) >= 11 is 4.97. The van der Waals surface area contributed by atoms with Gasteiger partial charge < -0.3 is 4.74 Å². The van der Waals surface area contributed by atoms with Crippen LogP contribution in [0.2, 0.25) is 0 Å². The molecule has 4 heteroatoms. The topological polar surface area (TPSA) is 22.1 Å². The van der Waals surface area contributed by atoms with Crippen LogP contribution in [0.15, 0.2) is 21.8 Å². The SMILES string of the molecule is COc1cnc(Br)c(SC)c1. The lowest BCUT2D eigenvalue weighted by Crippen LogP contribution is -1.86. The summed E-state index contributed by atoms with van der Waals surface area (Å²) in [6, 6.07) is 1.95. The van der Waals surface area contributed by atoms with Gasteiger partial charge in [0.15, 0.2) is 0 Å². The van der Waals surface area contributed by atoms with E-state index in [0.717, 1.165) is 15.2 Å². The zero-order valence-electron chi connectivity index (χ0n) is 6.30. The fraction of sp³-hybridized carbons (Fsp3) is 0.286. The fourth-order valence-corrected chi connectivity index (χ4v) is 1.82. The van der Waals surface area contributed by atoms with Crippen LogP contribution in [0.4, 0.5) is 0 Å². The Bertz CT molecular complexity index is 254. The van der Waals surface area contributed by atoms with Crippen LogP contribution < -0.4 is 4.74 Å². The van der Waals surface area contributed by atoms with Gasteiger partial charge in [-0.1, -0.05) is 0 Å². The fourth-order valence-electron chi connectivity index (χ4n) is 0.665. The summed E-state index contributed by atoms with van der Waals surface area (Å²) in [5.74, 6) is 0.789. The largest absolute Gasteiger partial charge is 0.495 e. The molecule has 0 aliphatic carbocycles. The number of hydrogen-bond acceptors (Lipinski definition) is 3. The van der Waals surface area contributed by atoms with E-state index < -0.39 is 0 Å². The number of rotatable bonds is 2. The summed E-state index contributed by atoms with van der Waals surface area (Å²) in [6.07, 6.45) is 3.69. The second-order valence-corrected chi connectivity index (χ2v) is 3.47. The van der Waals surface area contributed by atoms with Gasteiger partial charge in [-0.05, 0) is 28.3 Å². The molecule has 0 spiro atoms. The number of ether oxygens (including phenoxy) is 1. The first-order chi connectivity index (χ1) is 5.27. The molecule has 0 saturated heterocycles. The van der Waals surface area contributed by atoms with Crippen molar-refractivity contribution in [3.8, 4) is 5.75 Å². The maximum Gasteiger partial charge on any atom is 0.138 e. The highest BCUT2D eigenvalue weighted by Gasteiger charge is 2.00. The highest BCUT2D eigenvalue weighted by atomic mass is 79.9. The third kappa shape index (κ3) is 2.10. The van der Waals surface area contributed by atoms with Crippen molar-refractivity contribution in [2.45, 2.75) is 4.90 Å². The molecule has 0 aliphatic rings. The van der Waals surface area contributed by atoms with E-state index in [1.165, 1.54) is 0 Å². The van der Waals surface area contributed by atoms with Crippen LogP contribution in [0.5, 0.6) is 5.75 Å². The Balaban J connectivity index is 3.02. The van der Waals surface area contributed by atoms with Gasteiger partial charge in [0.05, 0.1) is 13.3 Å². The predicted molar refractivity (Wildman–Crippen MR) is 50.3 cm³/mol. The van der Waals surface area contributed by atoms with Gasteiger partial charge in [-0.25, -0.2) is 4.98 Å². The predicted octanol–water partition coefficient (Wildman–Crippen LogP) is 2.57. The normalized spacial score (nSPS) is 9.73. The molecule has 0 N–H and O–H groups in total. The number of nitrogens with zero attached hydrogens (tertiary/aromatic N) is 1. The molecule has 0 bridgehead atoms. The van der Waals surface area contributed by atoms with Crippen LogP contribution in [-0.2, 0) is 0 Å². The van der Waals surface area contributed by atoms with E-state index in [1.807, 2.05) is 12.3 Å². The summed E-state index contributed by atoms with van der Waals surface area (Å²) in [5.41, 5.74) is 0. The quantitative estimate of drug-likeness (QED) is 0.580. The molecule has 0 amide bonds. The standard InChI is InChI=1S/C7H8BrNOS/c1-10-5-3-6(11-2)7(8)9-4-5/h3-4H,1-2H3. The van der Waals surface area contributed by atoms with Crippen molar-refractivity contribution in [3.05, 3.63) is 16.9 Å². The first-order valence-electron chi connectivity index (χ1n) is 3.01. The summed E-state index contributed by atoms with van der Waals surface area (Å²) in [5, 5.41) is 0. The maximum absolute atomic E-state index is 5.01. The molecule has 1 aromatic rings. The first kappa shape index (κ1) is 8.87. The smallest absolute Gasteiger partial charge is 0.138 e. The van der Waals surface area contributed by atoms with Crippen molar-refractivity contribution in [1.82, 2.24) is 4.98 Å². The monoisotopic (exact) mass is 233 g/mol. The van der Waals surface area contributed by atoms with Crippen LogP contribution >= 0.6 is 27.7 Å². The number of thioether (sulfide) groups is 1. The summed E-state index contributed by atoms with van der Waals surface area (Å²) < 4.78 is 5.88. The van der Waals surface area contributed by atoms with Crippen LogP contribution in [0.25, 0.3) is 0 Å². The summed E-state index contributed by atoms with van der Waals surface area (Å²) in [4.78, 5) is 5.18. The van der Waals surface area contributed by atoms with Crippen LogP contribution in [0.3, 0.4) is 0 Å². The van der Waals surface area contributed by atoms with Crippen LogP contribution in [-0.4, -0.2) is 18.3 Å². The molecule has 0 radical (unpaired) electrons. The Hall–Kier alpha value is -0.220. The van der Waals surface area contributed by atoms with E-state index in [9.17, 15) is 0 Å². The average molecular weight is 234 g/mol. The van der Waals surface area contributed by atoms with E-state index in [1.54, 1.807) is 25.1 Å². The number of halogens is 1. The molecule has 11 heavy (non-hydrogen) atoms. The molecule has 2 nitrogen and oxygen atoms in total. The lowest BCUT2D eigenvalue weighted by atomic mass is 10.5. The van der Waals surface area contributed by atoms with Crippen molar-refractivity contribution >= 4 is 27.7 Å². The molecular formula is C7H8BrNOS. The van der Waals surface area contributed by atoms with E-state index in [-0.39, 0.29) is 0 Å². The molecule has 0 aliphatic heterocycles. The molecule has 0 fully saturated rings. The van der Waals surface area contributed by atoms with Crippen molar-refractivity contribution in [1.29, 1.82) is 0 Å². The van der Waals surface area contributed by atoms with Gasteiger partial charge in [0.1, 0.15) is 10.4 Å². The number of aromatic nitrogens is 1. The van der Waals surface area contributed by atoms with E-state index in [4.69, 9.17) is 4.74 Å². The third-order valence-electron chi connectivity index (χ3n) is 1.24. The second-order valence-electron chi connectivity index (χ2n) is 1.87. The van der Waals surface area contributed by atoms with Gasteiger partial charge in [0.25, 0.3) is 0 Å². The number of hydrogen-bond donors (Lipinski definition) is 0. The van der Waals surface area contributed by atoms with Crippen molar-refractivity contribution in [3.63, 3.8) is 0 Å². The Kier molecular flexibility index (Phi) is 3.20. The highest BCUT2D eigenvalue weighted by Crippen LogP contribution is 2.26. The molecule has 0 aromatic carbocycles.